The number of non-ortho nitro benzene ring substituents is 1. The minimum absolute atomic E-state index is 0.0913. The minimum Gasteiger partial charge on any atom is -0.258 e. The van der Waals surface area contributed by atoms with Crippen LogP contribution in [0.25, 0.3) is 10.4 Å². The van der Waals surface area contributed by atoms with E-state index in [2.05, 4.69) is 0 Å². The van der Waals surface area contributed by atoms with Crippen LogP contribution in [0.5, 0.6) is 0 Å². The van der Waals surface area contributed by atoms with Gasteiger partial charge in [-0.1, -0.05) is 0 Å². The molecule has 0 fully saturated rings. The average Bonchev–Trinajstić information content (AvgIpc) is 2.78. The zero-order chi connectivity index (χ0) is 13.3. The molecule has 0 unspecified atom stereocenters. The molecule has 0 amide bonds. The molecule has 3 nitrogen and oxygen atoms in total. The number of nitrogens with zero attached hydrogens (tertiary/aromatic N) is 1. The van der Waals surface area contributed by atoms with Gasteiger partial charge in [0.1, 0.15) is 4.88 Å². The Morgan fingerprint density at radius 1 is 1.06 bits per heavy atom. The summed E-state index contributed by atoms with van der Waals surface area (Å²) < 4.78 is 37.2. The van der Waals surface area contributed by atoms with Gasteiger partial charge in [-0.2, -0.15) is 13.2 Å². The molecule has 0 saturated carbocycles. The predicted octanol–water partition coefficient (Wildman–Crippen LogP) is 4.34. The monoisotopic (exact) mass is 273 g/mol. The van der Waals surface area contributed by atoms with Crippen molar-refractivity contribution >= 4 is 17.0 Å². The van der Waals surface area contributed by atoms with Crippen molar-refractivity contribution in [1.29, 1.82) is 0 Å². The number of alkyl halides is 3. The molecule has 0 N–H and O–H groups in total. The van der Waals surface area contributed by atoms with Gasteiger partial charge in [0.05, 0.1) is 4.92 Å². The molecule has 0 radical (unpaired) electrons. The number of nitro groups is 1. The van der Waals surface area contributed by atoms with E-state index in [4.69, 9.17) is 0 Å². The largest absolute Gasteiger partial charge is 0.425 e. The van der Waals surface area contributed by atoms with Crippen molar-refractivity contribution in [3.05, 3.63) is 51.4 Å². The maximum atomic E-state index is 12.4. The van der Waals surface area contributed by atoms with E-state index in [0.717, 1.165) is 6.07 Å². The van der Waals surface area contributed by atoms with E-state index < -0.39 is 16.0 Å². The molecular formula is C11H6F3NO2S. The van der Waals surface area contributed by atoms with Gasteiger partial charge in [-0.3, -0.25) is 10.1 Å². The quantitative estimate of drug-likeness (QED) is 0.603. The van der Waals surface area contributed by atoms with Crippen LogP contribution in [0.4, 0.5) is 18.9 Å². The average molecular weight is 273 g/mol. The summed E-state index contributed by atoms with van der Waals surface area (Å²) in [7, 11) is 0. The van der Waals surface area contributed by atoms with Gasteiger partial charge in [-0.25, -0.2) is 0 Å². The van der Waals surface area contributed by atoms with Crippen molar-refractivity contribution in [3.63, 3.8) is 0 Å². The molecule has 2 aromatic rings. The lowest BCUT2D eigenvalue weighted by Crippen LogP contribution is -2.00. The summed E-state index contributed by atoms with van der Waals surface area (Å²) in [6.07, 6.45) is -4.36. The molecule has 94 valence electrons. The van der Waals surface area contributed by atoms with Crippen LogP contribution < -0.4 is 0 Å². The van der Waals surface area contributed by atoms with Crippen LogP contribution in [0.3, 0.4) is 0 Å². The van der Waals surface area contributed by atoms with Crippen molar-refractivity contribution in [2.24, 2.45) is 0 Å². The molecule has 7 heteroatoms. The number of halogens is 3. The Balaban J connectivity index is 2.32. The molecule has 2 rings (SSSR count). The van der Waals surface area contributed by atoms with E-state index in [1.165, 1.54) is 30.3 Å². The first-order chi connectivity index (χ1) is 8.38. The lowest BCUT2D eigenvalue weighted by Gasteiger charge is -2.01. The number of nitro benzene ring substituents is 1. The Bertz CT molecular complexity index is 575. The van der Waals surface area contributed by atoms with E-state index in [1.807, 2.05) is 0 Å². The summed E-state index contributed by atoms with van der Waals surface area (Å²) in [5, 5.41) is 10.4. The van der Waals surface area contributed by atoms with Gasteiger partial charge in [-0.15, -0.1) is 11.3 Å². The van der Waals surface area contributed by atoms with E-state index >= 15 is 0 Å². The maximum Gasteiger partial charge on any atom is 0.425 e. The molecule has 0 aliphatic heterocycles. The third kappa shape index (κ3) is 2.51. The molecule has 0 aliphatic rings. The van der Waals surface area contributed by atoms with Gasteiger partial charge >= 0.3 is 6.18 Å². The Hall–Kier alpha value is -1.89. The first-order valence-corrected chi connectivity index (χ1v) is 5.61. The molecular weight excluding hydrogens is 267 g/mol. The van der Waals surface area contributed by atoms with Crippen LogP contribution in [0.2, 0.25) is 0 Å². The molecule has 0 spiro atoms. The lowest BCUT2D eigenvalue weighted by molar-refractivity contribution is -0.384. The maximum absolute atomic E-state index is 12.4. The van der Waals surface area contributed by atoms with E-state index in [0.29, 0.717) is 21.8 Å². The van der Waals surface area contributed by atoms with Gasteiger partial charge in [-0.05, 0) is 29.8 Å². The SMILES string of the molecule is O=[N+]([O-])c1ccc(-c2ccc(C(F)(F)F)s2)cc1. The third-order valence-corrected chi connectivity index (χ3v) is 3.43. The molecule has 1 aromatic heterocycles. The fraction of sp³-hybridized carbons (Fsp3) is 0.0909. The zero-order valence-corrected chi connectivity index (χ0v) is 9.59. The normalized spacial score (nSPS) is 11.5. The van der Waals surface area contributed by atoms with Gasteiger partial charge in [0.15, 0.2) is 0 Å². The van der Waals surface area contributed by atoms with Crippen molar-refractivity contribution in [3.8, 4) is 10.4 Å². The zero-order valence-electron chi connectivity index (χ0n) is 8.77. The second-order valence-corrected chi connectivity index (χ2v) is 4.55. The number of thiophene rings is 1. The summed E-state index contributed by atoms with van der Waals surface area (Å²) in [6, 6.07) is 7.76. The highest BCUT2D eigenvalue weighted by atomic mass is 32.1. The summed E-state index contributed by atoms with van der Waals surface area (Å²) in [5.74, 6) is 0. The van der Waals surface area contributed by atoms with E-state index in [9.17, 15) is 23.3 Å². The molecule has 0 bridgehead atoms. The number of rotatable bonds is 2. The topological polar surface area (TPSA) is 43.1 Å². The predicted molar refractivity (Wildman–Crippen MR) is 61.4 cm³/mol. The highest BCUT2D eigenvalue weighted by molar-refractivity contribution is 7.15. The van der Waals surface area contributed by atoms with Gasteiger partial charge in [0.2, 0.25) is 0 Å². The van der Waals surface area contributed by atoms with Gasteiger partial charge in [0.25, 0.3) is 5.69 Å². The van der Waals surface area contributed by atoms with Crippen LogP contribution in [-0.2, 0) is 6.18 Å². The molecule has 18 heavy (non-hydrogen) atoms. The summed E-state index contributed by atoms with van der Waals surface area (Å²) in [6.45, 7) is 0. The van der Waals surface area contributed by atoms with Crippen molar-refractivity contribution in [2.75, 3.05) is 0 Å². The summed E-state index contributed by atoms with van der Waals surface area (Å²) >= 11 is 0.612. The second kappa shape index (κ2) is 4.41. The first-order valence-electron chi connectivity index (χ1n) is 4.80. The molecule has 0 aliphatic carbocycles. The standard InChI is InChI=1S/C11H6F3NO2S/c12-11(13,14)10-6-5-9(18-10)7-1-3-8(4-2-7)15(16)17/h1-6H. The Labute approximate surface area is 104 Å². The Morgan fingerprint density at radius 3 is 2.11 bits per heavy atom. The number of hydrogen-bond donors (Lipinski definition) is 0. The minimum atomic E-state index is -4.36. The van der Waals surface area contributed by atoms with E-state index in [-0.39, 0.29) is 5.69 Å². The first kappa shape index (κ1) is 12.6. The lowest BCUT2D eigenvalue weighted by atomic mass is 10.2. The smallest absolute Gasteiger partial charge is 0.258 e. The van der Waals surface area contributed by atoms with Crippen LogP contribution in [-0.4, -0.2) is 4.92 Å². The van der Waals surface area contributed by atoms with Crippen LogP contribution in [0.15, 0.2) is 36.4 Å². The second-order valence-electron chi connectivity index (χ2n) is 3.47. The van der Waals surface area contributed by atoms with Gasteiger partial charge < -0.3 is 0 Å². The molecule has 0 atom stereocenters. The van der Waals surface area contributed by atoms with Gasteiger partial charge in [0, 0.05) is 17.0 Å². The van der Waals surface area contributed by atoms with Crippen LogP contribution >= 0.6 is 11.3 Å². The molecule has 0 saturated heterocycles. The fourth-order valence-corrected chi connectivity index (χ4v) is 2.27. The van der Waals surface area contributed by atoms with Crippen molar-refractivity contribution in [2.45, 2.75) is 6.18 Å². The highest BCUT2D eigenvalue weighted by Gasteiger charge is 2.32. The number of hydrogen-bond acceptors (Lipinski definition) is 3. The summed E-state index contributed by atoms with van der Waals surface area (Å²) in [4.78, 5) is 9.63. The molecule has 1 aromatic carbocycles. The highest BCUT2D eigenvalue weighted by Crippen LogP contribution is 2.38. The Morgan fingerprint density at radius 2 is 1.67 bits per heavy atom. The fourth-order valence-electron chi connectivity index (χ4n) is 1.39. The van der Waals surface area contributed by atoms with Crippen LogP contribution in [0, 0.1) is 10.1 Å². The third-order valence-electron chi connectivity index (χ3n) is 2.25. The van der Waals surface area contributed by atoms with E-state index in [1.54, 1.807) is 0 Å². The summed E-state index contributed by atoms with van der Waals surface area (Å²) in [5.41, 5.74) is 0.437. The number of benzene rings is 1. The van der Waals surface area contributed by atoms with Crippen molar-refractivity contribution in [1.82, 2.24) is 0 Å². The molecule has 1 heterocycles. The van der Waals surface area contributed by atoms with Crippen LogP contribution in [0.1, 0.15) is 4.88 Å². The Kier molecular flexibility index (Phi) is 3.08. The van der Waals surface area contributed by atoms with Crippen molar-refractivity contribution < 1.29 is 18.1 Å².